The van der Waals surface area contributed by atoms with Gasteiger partial charge in [0, 0.05) is 13.1 Å². The summed E-state index contributed by atoms with van der Waals surface area (Å²) in [5.41, 5.74) is 2.19. The number of ether oxygens (including phenoxy) is 1. The Kier molecular flexibility index (Phi) is 8.53. The Bertz CT molecular complexity index is 761. The van der Waals surface area contributed by atoms with Crippen molar-refractivity contribution in [2.24, 2.45) is 0 Å². The number of nitrogens with one attached hydrogen (secondary N) is 1. The largest absolute Gasteiger partial charge is 0.484 e. The quantitative estimate of drug-likeness (QED) is 0.685. The van der Waals surface area contributed by atoms with Crippen LogP contribution in [0.5, 0.6) is 5.75 Å². The molecule has 0 aromatic heterocycles. The van der Waals surface area contributed by atoms with Crippen LogP contribution in [0.25, 0.3) is 0 Å². The van der Waals surface area contributed by atoms with Crippen molar-refractivity contribution in [3.63, 3.8) is 0 Å². The van der Waals surface area contributed by atoms with Crippen LogP contribution in [0.15, 0.2) is 54.6 Å². The third-order valence-corrected chi connectivity index (χ3v) is 4.55. The van der Waals surface area contributed by atoms with Crippen LogP contribution < -0.4 is 10.1 Å². The third kappa shape index (κ3) is 6.72. The number of hydrogen-bond donors (Lipinski definition) is 1. The minimum absolute atomic E-state index is 0.0936. The molecule has 0 saturated heterocycles. The van der Waals surface area contributed by atoms with Gasteiger partial charge in [0.15, 0.2) is 6.61 Å². The number of rotatable bonds is 10. The number of nitrogens with zero attached hydrogens (tertiary/aromatic N) is 1. The van der Waals surface area contributed by atoms with Crippen molar-refractivity contribution in [1.29, 1.82) is 0 Å². The lowest BCUT2D eigenvalue weighted by Gasteiger charge is -2.28. The van der Waals surface area contributed by atoms with Gasteiger partial charge in [-0.05, 0) is 49.9 Å². The molecule has 0 radical (unpaired) electrons. The van der Waals surface area contributed by atoms with Gasteiger partial charge in [-0.15, -0.1) is 0 Å². The molecule has 1 unspecified atom stereocenters. The maximum absolute atomic E-state index is 12.9. The molecule has 150 valence electrons. The van der Waals surface area contributed by atoms with E-state index < -0.39 is 6.04 Å². The number of hydrogen-bond acceptors (Lipinski definition) is 3. The Labute approximate surface area is 167 Å². The van der Waals surface area contributed by atoms with Crippen LogP contribution in [0.4, 0.5) is 0 Å². The molecule has 0 heterocycles. The third-order valence-electron chi connectivity index (χ3n) is 4.55. The van der Waals surface area contributed by atoms with Gasteiger partial charge in [-0.2, -0.15) is 0 Å². The lowest BCUT2D eigenvalue weighted by Crippen LogP contribution is -2.50. The predicted molar refractivity (Wildman–Crippen MR) is 111 cm³/mol. The molecule has 1 atom stereocenters. The topological polar surface area (TPSA) is 58.6 Å². The fourth-order valence-electron chi connectivity index (χ4n) is 2.90. The number of benzene rings is 2. The normalized spacial score (nSPS) is 11.5. The van der Waals surface area contributed by atoms with Crippen molar-refractivity contribution in [2.45, 2.75) is 39.7 Å². The lowest BCUT2D eigenvalue weighted by molar-refractivity contribution is -0.141. The van der Waals surface area contributed by atoms with Crippen molar-refractivity contribution in [2.75, 3.05) is 19.7 Å². The minimum Gasteiger partial charge on any atom is -0.484 e. The molecule has 2 aromatic carbocycles. The van der Waals surface area contributed by atoms with Gasteiger partial charge in [0.1, 0.15) is 11.8 Å². The predicted octanol–water partition coefficient (Wildman–Crippen LogP) is 3.36. The summed E-state index contributed by atoms with van der Waals surface area (Å²) in [6, 6.07) is 17.0. The first-order chi connectivity index (χ1) is 13.5. The molecule has 0 saturated carbocycles. The Balaban J connectivity index is 2.04. The van der Waals surface area contributed by atoms with E-state index in [1.807, 2.05) is 68.4 Å². The van der Waals surface area contributed by atoms with Gasteiger partial charge >= 0.3 is 0 Å². The summed E-state index contributed by atoms with van der Waals surface area (Å²) in [6.07, 6.45) is 1.54. The molecule has 28 heavy (non-hydrogen) atoms. The lowest BCUT2D eigenvalue weighted by atomic mass is 10.1. The second-order valence-corrected chi connectivity index (χ2v) is 6.89. The highest BCUT2D eigenvalue weighted by Crippen LogP contribution is 2.13. The van der Waals surface area contributed by atoms with Gasteiger partial charge in [0.2, 0.25) is 5.91 Å². The molecule has 0 aliphatic heterocycles. The van der Waals surface area contributed by atoms with E-state index in [2.05, 4.69) is 5.32 Å². The molecule has 5 heteroatoms. The summed E-state index contributed by atoms with van der Waals surface area (Å²) >= 11 is 0. The second kappa shape index (κ2) is 11.1. The summed E-state index contributed by atoms with van der Waals surface area (Å²) in [7, 11) is 0. The molecule has 2 amide bonds. The van der Waals surface area contributed by atoms with E-state index in [0.29, 0.717) is 25.3 Å². The molecule has 0 aliphatic rings. The summed E-state index contributed by atoms with van der Waals surface area (Å²) in [5, 5.41) is 2.87. The molecule has 0 fully saturated rings. The molecular weight excluding hydrogens is 352 g/mol. The van der Waals surface area contributed by atoms with Crippen LogP contribution in [0, 0.1) is 6.92 Å². The molecule has 1 N–H and O–H groups in total. The second-order valence-electron chi connectivity index (χ2n) is 6.89. The first-order valence-electron chi connectivity index (χ1n) is 9.81. The van der Waals surface area contributed by atoms with Crippen LogP contribution >= 0.6 is 0 Å². The highest BCUT2D eigenvalue weighted by atomic mass is 16.5. The minimum atomic E-state index is -0.552. The van der Waals surface area contributed by atoms with Crippen LogP contribution in [-0.4, -0.2) is 42.5 Å². The molecule has 0 bridgehead atoms. The van der Waals surface area contributed by atoms with Crippen LogP contribution in [0.1, 0.15) is 31.4 Å². The van der Waals surface area contributed by atoms with Gasteiger partial charge in [0.25, 0.3) is 5.91 Å². The zero-order valence-corrected chi connectivity index (χ0v) is 17.0. The smallest absolute Gasteiger partial charge is 0.261 e. The van der Waals surface area contributed by atoms with E-state index in [-0.39, 0.29) is 18.4 Å². The van der Waals surface area contributed by atoms with Crippen molar-refractivity contribution in [3.8, 4) is 5.75 Å². The van der Waals surface area contributed by atoms with Crippen molar-refractivity contribution >= 4 is 11.8 Å². The SMILES string of the molecule is CCCNC(=O)C(C)N(CCc1ccccc1)C(=O)COc1cccc(C)c1. The molecule has 2 aromatic rings. The van der Waals surface area contributed by atoms with Crippen molar-refractivity contribution in [3.05, 3.63) is 65.7 Å². The van der Waals surface area contributed by atoms with Gasteiger partial charge in [-0.3, -0.25) is 9.59 Å². The summed E-state index contributed by atoms with van der Waals surface area (Å²) < 4.78 is 5.67. The van der Waals surface area contributed by atoms with Gasteiger partial charge < -0.3 is 15.0 Å². The Morgan fingerprint density at radius 2 is 1.86 bits per heavy atom. The van der Waals surface area contributed by atoms with Crippen LogP contribution in [0.3, 0.4) is 0 Å². The van der Waals surface area contributed by atoms with Gasteiger partial charge in [-0.1, -0.05) is 49.4 Å². The first kappa shape index (κ1) is 21.5. The molecule has 5 nitrogen and oxygen atoms in total. The summed E-state index contributed by atoms with van der Waals surface area (Å²) in [5.74, 6) is 0.315. The number of aryl methyl sites for hydroxylation is 1. The van der Waals surface area contributed by atoms with Crippen molar-refractivity contribution in [1.82, 2.24) is 10.2 Å². The number of amides is 2. The van der Waals surface area contributed by atoms with E-state index in [1.165, 1.54) is 0 Å². The standard InChI is InChI=1S/C23H30N2O3/c1-4-14-24-23(27)19(3)25(15-13-20-10-6-5-7-11-20)22(26)17-28-21-12-8-9-18(2)16-21/h5-12,16,19H,4,13-15,17H2,1-3H3,(H,24,27). The van der Waals surface area contributed by atoms with Crippen LogP contribution in [-0.2, 0) is 16.0 Å². The maximum atomic E-state index is 12.9. The molecule has 0 spiro atoms. The average molecular weight is 383 g/mol. The Hall–Kier alpha value is -2.82. The van der Waals surface area contributed by atoms with E-state index in [0.717, 1.165) is 17.5 Å². The number of carbonyl (C=O) groups excluding carboxylic acids is 2. The molecular formula is C23H30N2O3. The van der Waals surface area contributed by atoms with Gasteiger partial charge in [0.05, 0.1) is 0 Å². The summed E-state index contributed by atoms with van der Waals surface area (Å²) in [4.78, 5) is 26.9. The zero-order valence-electron chi connectivity index (χ0n) is 17.0. The Morgan fingerprint density at radius 1 is 1.11 bits per heavy atom. The van der Waals surface area contributed by atoms with E-state index in [4.69, 9.17) is 4.74 Å². The van der Waals surface area contributed by atoms with Gasteiger partial charge in [-0.25, -0.2) is 0 Å². The highest BCUT2D eigenvalue weighted by Gasteiger charge is 2.25. The Morgan fingerprint density at radius 3 is 2.54 bits per heavy atom. The highest BCUT2D eigenvalue weighted by molar-refractivity contribution is 5.87. The van der Waals surface area contributed by atoms with Crippen LogP contribution in [0.2, 0.25) is 0 Å². The zero-order chi connectivity index (χ0) is 20.4. The monoisotopic (exact) mass is 382 g/mol. The van der Waals surface area contributed by atoms with Crippen molar-refractivity contribution < 1.29 is 14.3 Å². The fourth-order valence-corrected chi connectivity index (χ4v) is 2.90. The van der Waals surface area contributed by atoms with E-state index in [9.17, 15) is 9.59 Å². The molecule has 2 rings (SSSR count). The number of carbonyl (C=O) groups is 2. The maximum Gasteiger partial charge on any atom is 0.261 e. The molecule has 0 aliphatic carbocycles. The average Bonchev–Trinajstić information content (AvgIpc) is 2.71. The first-order valence-corrected chi connectivity index (χ1v) is 9.81. The van der Waals surface area contributed by atoms with E-state index in [1.54, 1.807) is 11.8 Å². The summed E-state index contributed by atoms with van der Waals surface area (Å²) in [6.45, 7) is 6.70. The fraction of sp³-hybridized carbons (Fsp3) is 0.391. The van der Waals surface area contributed by atoms with E-state index >= 15 is 0 Å².